The highest BCUT2D eigenvalue weighted by Gasteiger charge is 2.35. The Bertz CT molecular complexity index is 705. The van der Waals surface area contributed by atoms with Gasteiger partial charge in [0.15, 0.2) is 0 Å². The Hall–Kier alpha value is -1.38. The van der Waals surface area contributed by atoms with Crippen LogP contribution in [0.4, 0.5) is 10.1 Å². The first-order chi connectivity index (χ1) is 9.42. The fourth-order valence-corrected chi connectivity index (χ4v) is 3.46. The second-order valence-electron chi connectivity index (χ2n) is 4.60. The predicted octanol–water partition coefficient (Wildman–Crippen LogP) is 1.02. The molecule has 1 aromatic rings. The molecule has 0 spiro atoms. The van der Waals surface area contributed by atoms with E-state index in [1.54, 1.807) is 4.90 Å². The lowest BCUT2D eigenvalue weighted by molar-refractivity contribution is 0.105. The molecule has 1 fully saturated rings. The van der Waals surface area contributed by atoms with Gasteiger partial charge in [0.2, 0.25) is 5.96 Å². The first-order valence-corrected chi connectivity index (χ1v) is 7.73. The third-order valence-electron chi connectivity index (χ3n) is 3.38. The zero-order valence-corrected chi connectivity index (χ0v) is 11.7. The number of likely N-dealkylation sites (tertiary alicyclic amines) is 1. The van der Waals surface area contributed by atoms with Gasteiger partial charge in [0.1, 0.15) is 10.7 Å². The summed E-state index contributed by atoms with van der Waals surface area (Å²) >= 11 is 5.67. The van der Waals surface area contributed by atoms with E-state index in [0.29, 0.717) is 6.54 Å². The third-order valence-corrected chi connectivity index (χ3v) is 4.98. The molecule has 9 heteroatoms. The number of fused-ring (bicyclic) bond motifs is 1. The number of sulfonamides is 1. The van der Waals surface area contributed by atoms with Crippen molar-refractivity contribution in [2.75, 3.05) is 18.5 Å². The van der Waals surface area contributed by atoms with Crippen molar-refractivity contribution in [2.24, 2.45) is 4.40 Å². The quantitative estimate of drug-likeness (QED) is 0.807. The Balaban J connectivity index is 2.04. The molecule has 0 radical (unpaired) electrons. The van der Waals surface area contributed by atoms with Crippen LogP contribution < -0.4 is 5.32 Å². The van der Waals surface area contributed by atoms with E-state index < -0.39 is 15.8 Å². The number of hydrogen-bond acceptors (Lipinski definition) is 5. The lowest BCUT2D eigenvalue weighted by Gasteiger charge is -2.42. The third kappa shape index (κ3) is 2.04. The number of guanidine groups is 1. The Morgan fingerprint density at radius 1 is 1.55 bits per heavy atom. The molecule has 0 bridgehead atoms. The Kier molecular flexibility index (Phi) is 3.11. The minimum atomic E-state index is -3.98. The number of rotatable bonds is 1. The van der Waals surface area contributed by atoms with Crippen molar-refractivity contribution in [1.82, 2.24) is 4.90 Å². The number of nitrogens with one attached hydrogen (secondary N) is 1. The van der Waals surface area contributed by atoms with E-state index in [1.807, 2.05) is 0 Å². The van der Waals surface area contributed by atoms with Gasteiger partial charge in [0.05, 0.1) is 23.4 Å². The molecule has 6 nitrogen and oxygen atoms in total. The van der Waals surface area contributed by atoms with E-state index in [0.717, 1.165) is 12.5 Å². The molecule has 2 aliphatic rings. The van der Waals surface area contributed by atoms with E-state index in [1.165, 1.54) is 6.07 Å². The molecule has 0 unspecified atom stereocenters. The van der Waals surface area contributed by atoms with E-state index in [4.69, 9.17) is 16.7 Å². The molecule has 3 rings (SSSR count). The van der Waals surface area contributed by atoms with Gasteiger partial charge in [-0.15, -0.1) is 4.40 Å². The highest BCUT2D eigenvalue weighted by molar-refractivity contribution is 7.90. The number of aliphatic hydroxyl groups excluding tert-OH is 1. The van der Waals surface area contributed by atoms with Crippen molar-refractivity contribution in [3.05, 3.63) is 23.0 Å². The Morgan fingerprint density at radius 3 is 2.90 bits per heavy atom. The Labute approximate surface area is 119 Å². The molecule has 108 valence electrons. The summed E-state index contributed by atoms with van der Waals surface area (Å²) in [6, 6.07) is 1.90. The van der Waals surface area contributed by atoms with Crippen molar-refractivity contribution in [2.45, 2.75) is 17.4 Å². The average Bonchev–Trinajstić information content (AvgIpc) is 2.30. The fourth-order valence-electron chi connectivity index (χ4n) is 2.18. The van der Waals surface area contributed by atoms with Crippen LogP contribution in [0.15, 0.2) is 21.4 Å². The number of hydrogen-bond donors (Lipinski definition) is 2. The second kappa shape index (κ2) is 4.57. The maximum atomic E-state index is 13.4. The van der Waals surface area contributed by atoms with Crippen molar-refractivity contribution in [3.8, 4) is 0 Å². The monoisotopic (exact) mass is 319 g/mol. The van der Waals surface area contributed by atoms with Gasteiger partial charge in [-0.3, -0.25) is 0 Å². The van der Waals surface area contributed by atoms with Crippen LogP contribution in [0.25, 0.3) is 0 Å². The van der Waals surface area contributed by atoms with Crippen LogP contribution in [-0.4, -0.2) is 43.6 Å². The van der Waals surface area contributed by atoms with Crippen molar-refractivity contribution in [1.29, 1.82) is 0 Å². The summed E-state index contributed by atoms with van der Waals surface area (Å²) in [5.41, 5.74) is 0.185. The lowest BCUT2D eigenvalue weighted by Crippen LogP contribution is -2.55. The smallest absolute Gasteiger partial charge is 0.287 e. The van der Waals surface area contributed by atoms with E-state index in [-0.39, 0.29) is 34.2 Å². The average molecular weight is 320 g/mol. The van der Waals surface area contributed by atoms with Gasteiger partial charge < -0.3 is 15.3 Å². The zero-order chi connectivity index (χ0) is 14.5. The topological polar surface area (TPSA) is 82.0 Å². The minimum Gasteiger partial charge on any atom is -0.394 e. The fraction of sp³-hybridized carbons (Fsp3) is 0.364. The van der Waals surface area contributed by atoms with Gasteiger partial charge in [0.25, 0.3) is 10.0 Å². The number of anilines is 1. The van der Waals surface area contributed by atoms with Crippen LogP contribution in [0.5, 0.6) is 0 Å². The molecule has 1 atom stereocenters. The number of halogens is 2. The molecule has 1 aromatic carbocycles. The van der Waals surface area contributed by atoms with Crippen molar-refractivity contribution in [3.63, 3.8) is 0 Å². The second-order valence-corrected chi connectivity index (χ2v) is 6.58. The predicted molar refractivity (Wildman–Crippen MR) is 71.9 cm³/mol. The summed E-state index contributed by atoms with van der Waals surface area (Å²) < 4.78 is 41.1. The molecule has 0 amide bonds. The van der Waals surface area contributed by atoms with E-state index >= 15 is 0 Å². The lowest BCUT2D eigenvalue weighted by atomic mass is 10.1. The summed E-state index contributed by atoms with van der Waals surface area (Å²) in [7, 11) is -3.98. The SMILES string of the molecule is O=S1(=O)N=C(N2CC[C@@H]2CO)Nc2cc(Cl)c(F)cc21. The first kappa shape index (κ1) is 13.6. The summed E-state index contributed by atoms with van der Waals surface area (Å²) in [6.07, 6.45) is 0.758. The maximum Gasteiger partial charge on any atom is 0.287 e. The van der Waals surface area contributed by atoms with Crippen LogP contribution in [0.3, 0.4) is 0 Å². The number of benzene rings is 1. The first-order valence-electron chi connectivity index (χ1n) is 5.91. The summed E-state index contributed by atoms with van der Waals surface area (Å²) in [6.45, 7) is 0.509. The van der Waals surface area contributed by atoms with E-state index in [2.05, 4.69) is 9.71 Å². The van der Waals surface area contributed by atoms with Crippen LogP contribution in [0.2, 0.25) is 5.02 Å². The number of aliphatic hydroxyl groups is 1. The minimum absolute atomic E-state index is 0.0855. The molecule has 1 saturated heterocycles. The molecule has 2 heterocycles. The molecular formula is C11H11ClFN3O3S. The highest BCUT2D eigenvalue weighted by Crippen LogP contribution is 2.33. The van der Waals surface area contributed by atoms with E-state index in [9.17, 15) is 12.8 Å². The summed E-state index contributed by atoms with van der Waals surface area (Å²) in [5.74, 6) is -0.683. The van der Waals surface area contributed by atoms with Crippen molar-refractivity contribution < 1.29 is 17.9 Å². The molecule has 0 aromatic heterocycles. The molecule has 2 N–H and O–H groups in total. The highest BCUT2D eigenvalue weighted by atomic mass is 35.5. The van der Waals surface area contributed by atoms with Crippen LogP contribution in [-0.2, 0) is 10.0 Å². The largest absolute Gasteiger partial charge is 0.394 e. The molecule has 2 aliphatic heterocycles. The van der Waals surface area contributed by atoms with Crippen molar-refractivity contribution >= 4 is 33.3 Å². The van der Waals surface area contributed by atoms with Crippen LogP contribution >= 0.6 is 11.6 Å². The molecule has 0 saturated carbocycles. The van der Waals surface area contributed by atoms with Crippen LogP contribution in [0.1, 0.15) is 6.42 Å². The molecular weight excluding hydrogens is 309 g/mol. The summed E-state index contributed by atoms with van der Waals surface area (Å²) in [5, 5.41) is 11.8. The van der Waals surface area contributed by atoms with Gasteiger partial charge in [-0.05, 0) is 18.6 Å². The van der Waals surface area contributed by atoms with Gasteiger partial charge in [0, 0.05) is 6.54 Å². The van der Waals surface area contributed by atoms with Gasteiger partial charge in [-0.2, -0.15) is 8.42 Å². The standard InChI is InChI=1S/C11H11ClFN3O3S/c12-7-3-9-10(4-8(7)13)20(18,19)15-11(14-9)16-2-1-6(16)5-17/h3-4,6,17H,1-2,5H2,(H,14,15)/t6-/m1/s1. The maximum absolute atomic E-state index is 13.4. The number of nitrogens with zero attached hydrogens (tertiary/aromatic N) is 2. The van der Waals surface area contributed by atoms with Gasteiger partial charge in [-0.1, -0.05) is 11.6 Å². The zero-order valence-electron chi connectivity index (χ0n) is 10.2. The van der Waals surface area contributed by atoms with Gasteiger partial charge >= 0.3 is 0 Å². The molecule has 0 aliphatic carbocycles. The molecule has 20 heavy (non-hydrogen) atoms. The summed E-state index contributed by atoms with van der Waals surface area (Å²) in [4.78, 5) is 1.40. The van der Waals surface area contributed by atoms with Gasteiger partial charge in [-0.25, -0.2) is 4.39 Å². The normalized spacial score (nSPS) is 23.4. The Morgan fingerprint density at radius 2 is 2.30 bits per heavy atom. The van der Waals surface area contributed by atoms with Crippen LogP contribution in [0, 0.1) is 5.82 Å².